The van der Waals surface area contributed by atoms with Crippen LogP contribution < -0.4 is 0 Å². The van der Waals surface area contributed by atoms with Crippen LogP contribution in [0.1, 0.15) is 111 Å². The number of phenolic OH excluding ortho intramolecular Hbond substituents is 1. The van der Waals surface area contributed by atoms with Crippen molar-refractivity contribution in [1.29, 1.82) is 0 Å². The number of aromatic hydroxyl groups is 1. The number of phenols is 1. The van der Waals surface area contributed by atoms with E-state index in [0.29, 0.717) is 11.4 Å². The summed E-state index contributed by atoms with van der Waals surface area (Å²) in [5, 5.41) is 12.0. The number of benzene rings is 6. The average molecular weight is 1010 g/mol. The van der Waals surface area contributed by atoms with Crippen LogP contribution in [0.3, 0.4) is 0 Å². The standard InChI is InChI=1S/C58H60N3O.Pt/c1-36(2)40-23-26-51(48(33-40)39-17-14-13-15-18-39)61-52-20-16-19-47(53(52)60-55(61)49-35-45(57(7,8)9)29-37(3)54(49)62)42-30-43(32-46(31-42)58(10,11)12)50-34-41(27-28-59-50)38-21-24-44(25-22-38)56(4,5)6;/h13-29,31-36,62H,1-12H3;/q-1;/i36D;. The third-order valence-corrected chi connectivity index (χ3v) is 12.1. The molecule has 0 radical (unpaired) electrons. The number of rotatable bonds is 7. The van der Waals surface area contributed by atoms with Gasteiger partial charge in [-0.25, -0.2) is 4.98 Å². The molecule has 0 bridgehead atoms. The molecule has 2 aromatic heterocycles. The minimum Gasteiger partial charge on any atom is -0.507 e. The Hall–Kier alpha value is -5.57. The van der Waals surface area contributed by atoms with Gasteiger partial charge in [-0.05, 0) is 98.3 Å². The van der Waals surface area contributed by atoms with Gasteiger partial charge >= 0.3 is 0 Å². The van der Waals surface area contributed by atoms with Crippen LogP contribution in [0.4, 0.5) is 0 Å². The molecule has 0 fully saturated rings. The molecule has 8 aromatic rings. The van der Waals surface area contributed by atoms with E-state index in [9.17, 15) is 5.11 Å². The molecule has 5 heteroatoms. The van der Waals surface area contributed by atoms with Gasteiger partial charge in [-0.1, -0.05) is 172 Å². The molecule has 0 unspecified atom stereocenters. The molecular weight excluding hydrogens is 950 g/mol. The van der Waals surface area contributed by atoms with Gasteiger partial charge in [-0.15, -0.1) is 29.3 Å². The molecule has 2 heterocycles. The van der Waals surface area contributed by atoms with Crippen molar-refractivity contribution in [3.8, 4) is 67.5 Å². The maximum Gasteiger partial charge on any atom is 0.148 e. The summed E-state index contributed by atoms with van der Waals surface area (Å²) in [6.45, 7) is 25.8. The summed E-state index contributed by atoms with van der Waals surface area (Å²) in [6.07, 6.45) is 1.89. The number of aromatic nitrogens is 3. The van der Waals surface area contributed by atoms with E-state index < -0.39 is 5.89 Å². The molecule has 4 nitrogen and oxygen atoms in total. The first-order chi connectivity index (χ1) is 29.6. The Morgan fingerprint density at radius 1 is 0.603 bits per heavy atom. The van der Waals surface area contributed by atoms with Crippen molar-refractivity contribution in [2.75, 3.05) is 0 Å². The van der Waals surface area contributed by atoms with Gasteiger partial charge in [0, 0.05) is 39.9 Å². The average Bonchev–Trinajstić information content (AvgIpc) is 3.62. The van der Waals surface area contributed by atoms with Crippen LogP contribution >= 0.6 is 0 Å². The third kappa shape index (κ3) is 9.11. The van der Waals surface area contributed by atoms with Gasteiger partial charge in [0.25, 0.3) is 0 Å². The molecule has 0 saturated carbocycles. The quantitative estimate of drug-likeness (QED) is 0.162. The molecule has 0 atom stereocenters. The zero-order valence-electron chi connectivity index (χ0n) is 39.8. The largest absolute Gasteiger partial charge is 0.507 e. The van der Waals surface area contributed by atoms with Crippen molar-refractivity contribution in [1.82, 2.24) is 14.5 Å². The number of fused-ring (bicyclic) bond motifs is 1. The van der Waals surface area contributed by atoms with Crippen LogP contribution in [0.5, 0.6) is 5.75 Å². The summed E-state index contributed by atoms with van der Waals surface area (Å²) in [5.74, 6) is 0.0228. The summed E-state index contributed by atoms with van der Waals surface area (Å²) < 4.78 is 11.2. The van der Waals surface area contributed by atoms with Crippen molar-refractivity contribution >= 4 is 11.0 Å². The van der Waals surface area contributed by atoms with Crippen LogP contribution in [0, 0.1) is 13.0 Å². The van der Waals surface area contributed by atoms with Crippen LogP contribution in [-0.4, -0.2) is 19.6 Å². The summed E-state index contributed by atoms with van der Waals surface area (Å²) in [5.41, 5.74) is 16.1. The molecule has 0 saturated heterocycles. The van der Waals surface area contributed by atoms with Gasteiger partial charge in [-0.2, -0.15) is 0 Å². The van der Waals surface area contributed by atoms with Crippen molar-refractivity contribution < 1.29 is 27.5 Å². The summed E-state index contributed by atoms with van der Waals surface area (Å²) in [6, 6.07) is 48.6. The first kappa shape index (κ1) is 44.1. The minimum absolute atomic E-state index is 0. The fourth-order valence-corrected chi connectivity index (χ4v) is 8.22. The zero-order chi connectivity index (χ0) is 45.2. The van der Waals surface area contributed by atoms with E-state index in [0.717, 1.165) is 83.6 Å². The first-order valence-electron chi connectivity index (χ1n) is 22.3. The number of aryl methyl sites for hydroxylation is 1. The fourth-order valence-electron chi connectivity index (χ4n) is 8.22. The molecule has 8 rings (SSSR count). The molecule has 0 aliphatic heterocycles. The number of hydrogen-bond donors (Lipinski definition) is 1. The summed E-state index contributed by atoms with van der Waals surface area (Å²) in [7, 11) is 0. The smallest absolute Gasteiger partial charge is 0.148 e. The number of imidazole rings is 1. The predicted octanol–water partition coefficient (Wildman–Crippen LogP) is 15.6. The topological polar surface area (TPSA) is 50.9 Å². The first-order valence-corrected chi connectivity index (χ1v) is 21.8. The second kappa shape index (κ2) is 17.2. The molecular formula is C58H60N3OPt-. The van der Waals surface area contributed by atoms with E-state index in [1.165, 1.54) is 5.56 Å². The number of hydrogen-bond acceptors (Lipinski definition) is 3. The maximum atomic E-state index is 12.0. The number of para-hydroxylation sites is 1. The monoisotopic (exact) mass is 1010 g/mol. The third-order valence-electron chi connectivity index (χ3n) is 12.1. The van der Waals surface area contributed by atoms with E-state index in [4.69, 9.17) is 11.3 Å². The van der Waals surface area contributed by atoms with Crippen LogP contribution in [0.15, 0.2) is 134 Å². The zero-order valence-corrected chi connectivity index (χ0v) is 41.1. The van der Waals surface area contributed by atoms with Gasteiger partial charge in [0.2, 0.25) is 0 Å². The minimum atomic E-state index is -0.817. The maximum absolute atomic E-state index is 12.0. The number of nitrogens with zero attached hydrogens (tertiary/aromatic N) is 3. The van der Waals surface area contributed by atoms with E-state index in [1.54, 1.807) is 0 Å². The molecule has 1 N–H and O–H groups in total. The molecule has 6 aromatic carbocycles. The van der Waals surface area contributed by atoms with Crippen LogP contribution in [-0.2, 0) is 37.3 Å². The van der Waals surface area contributed by atoms with Gasteiger partial charge < -0.3 is 5.11 Å². The van der Waals surface area contributed by atoms with Crippen LogP contribution in [0.2, 0.25) is 0 Å². The molecule has 0 spiro atoms. The van der Waals surface area contributed by atoms with Gasteiger partial charge in [-0.3, -0.25) is 9.55 Å². The van der Waals surface area contributed by atoms with Crippen molar-refractivity contribution in [2.24, 2.45) is 0 Å². The Kier molecular flexibility index (Phi) is 12.0. The predicted molar refractivity (Wildman–Crippen MR) is 261 cm³/mol. The van der Waals surface area contributed by atoms with E-state index in [-0.39, 0.29) is 43.1 Å². The second-order valence-electron chi connectivity index (χ2n) is 20.2. The Morgan fingerprint density at radius 3 is 1.90 bits per heavy atom. The summed E-state index contributed by atoms with van der Waals surface area (Å²) >= 11 is 0. The molecule has 0 amide bonds. The second-order valence-corrected chi connectivity index (χ2v) is 20.2. The Balaban J connectivity index is 0.00000612. The normalized spacial score (nSPS) is 12.6. The molecule has 63 heavy (non-hydrogen) atoms. The summed E-state index contributed by atoms with van der Waals surface area (Å²) in [4.78, 5) is 10.5. The fraction of sp³-hybridized carbons (Fsp3) is 0.276. The van der Waals surface area contributed by atoms with Gasteiger partial charge in [0.15, 0.2) is 0 Å². The van der Waals surface area contributed by atoms with E-state index in [2.05, 4.69) is 182 Å². The van der Waals surface area contributed by atoms with E-state index >= 15 is 0 Å². The molecule has 324 valence electrons. The Labute approximate surface area is 391 Å². The Bertz CT molecular complexity index is 2990. The molecule has 0 aliphatic carbocycles. The SMILES string of the molecule is [2H]C(C)(C)c1ccc(-n2c(-c3cc(C(C)(C)C)cc(C)c3O)nc3c(-c4[c-]c(-c5cc(-c6ccc(C(C)(C)C)cc6)ccn5)cc(C(C)(C)C)c4)cccc32)c(-c2ccccc2)c1.[Pt]. The van der Waals surface area contributed by atoms with E-state index in [1.807, 2.05) is 45.2 Å². The van der Waals surface area contributed by atoms with Gasteiger partial charge in [0.05, 0.1) is 22.3 Å². The van der Waals surface area contributed by atoms with Gasteiger partial charge in [0.1, 0.15) is 11.6 Å². The van der Waals surface area contributed by atoms with Crippen LogP contribution in [0.25, 0.3) is 72.7 Å². The Morgan fingerprint density at radius 2 is 1.25 bits per heavy atom. The number of pyridine rings is 1. The van der Waals surface area contributed by atoms with Crippen molar-refractivity contribution in [2.45, 2.75) is 105 Å². The van der Waals surface area contributed by atoms with Crippen molar-refractivity contribution in [3.05, 3.63) is 167 Å². The molecule has 0 aliphatic rings. The van der Waals surface area contributed by atoms with Crippen molar-refractivity contribution in [3.63, 3.8) is 0 Å².